The van der Waals surface area contributed by atoms with Crippen LogP contribution in [0.2, 0.25) is 5.02 Å². The van der Waals surface area contributed by atoms with E-state index in [-0.39, 0.29) is 16.3 Å². The molecule has 110 valence electrons. The largest absolute Gasteiger partial charge is 0.280 e. The van der Waals surface area contributed by atoms with Gasteiger partial charge in [-0.25, -0.2) is 4.68 Å². The van der Waals surface area contributed by atoms with Crippen molar-refractivity contribution in [3.05, 3.63) is 68.3 Å². The first kappa shape index (κ1) is 14.7. The summed E-state index contributed by atoms with van der Waals surface area (Å²) in [5.41, 5.74) is 1.22. The monoisotopic (exact) mass is 378 g/mol. The summed E-state index contributed by atoms with van der Waals surface area (Å²) in [7, 11) is 0. The van der Waals surface area contributed by atoms with E-state index in [1.54, 1.807) is 10.7 Å². The summed E-state index contributed by atoms with van der Waals surface area (Å²) in [4.78, 5) is 10.7. The van der Waals surface area contributed by atoms with Crippen LogP contribution in [0.15, 0.2) is 53.1 Å². The van der Waals surface area contributed by atoms with E-state index in [0.29, 0.717) is 10.3 Å². The van der Waals surface area contributed by atoms with Crippen molar-refractivity contribution in [1.29, 1.82) is 0 Å². The first-order valence-electron chi connectivity index (χ1n) is 6.19. The minimum absolute atomic E-state index is 0.117. The second-order valence-corrected chi connectivity index (χ2v) is 5.53. The van der Waals surface area contributed by atoms with Gasteiger partial charge in [0.25, 0.3) is 5.69 Å². The second kappa shape index (κ2) is 5.86. The number of benzene rings is 2. The zero-order valence-corrected chi connectivity index (χ0v) is 13.3. The second-order valence-electron chi connectivity index (χ2n) is 4.37. The van der Waals surface area contributed by atoms with E-state index in [9.17, 15) is 10.1 Å². The van der Waals surface area contributed by atoms with Crippen LogP contribution < -0.4 is 0 Å². The van der Waals surface area contributed by atoms with Crippen LogP contribution in [0.5, 0.6) is 0 Å². The zero-order valence-electron chi connectivity index (χ0n) is 11.0. The summed E-state index contributed by atoms with van der Waals surface area (Å²) >= 11 is 9.53. The highest BCUT2D eigenvalue weighted by Crippen LogP contribution is 2.38. The summed E-state index contributed by atoms with van der Waals surface area (Å²) in [6, 6.07) is 13.8. The number of hydrogen-bond acceptors (Lipinski definition) is 4. The van der Waals surface area contributed by atoms with Crippen LogP contribution >= 0.6 is 27.5 Å². The average Bonchev–Trinajstić information content (AvgIpc) is 2.89. The van der Waals surface area contributed by atoms with E-state index in [1.807, 2.05) is 30.3 Å². The molecule has 0 radical (unpaired) electrons. The van der Waals surface area contributed by atoms with Crippen LogP contribution in [0.25, 0.3) is 16.9 Å². The molecule has 22 heavy (non-hydrogen) atoms. The predicted molar refractivity (Wildman–Crippen MR) is 86.2 cm³/mol. The van der Waals surface area contributed by atoms with Crippen molar-refractivity contribution in [2.45, 2.75) is 0 Å². The van der Waals surface area contributed by atoms with Gasteiger partial charge in [-0.2, -0.15) is 0 Å². The van der Waals surface area contributed by atoms with E-state index in [0.717, 1.165) is 5.69 Å². The summed E-state index contributed by atoms with van der Waals surface area (Å²) in [5, 5.41) is 19.5. The first-order valence-corrected chi connectivity index (χ1v) is 7.36. The van der Waals surface area contributed by atoms with Gasteiger partial charge in [-0.15, -0.1) is 5.10 Å². The van der Waals surface area contributed by atoms with Gasteiger partial charge >= 0.3 is 0 Å². The molecular formula is C14H8BrClN4O2. The van der Waals surface area contributed by atoms with Gasteiger partial charge in [-0.05, 0) is 34.1 Å². The molecule has 0 N–H and O–H groups in total. The van der Waals surface area contributed by atoms with Gasteiger partial charge in [-0.3, -0.25) is 10.1 Å². The highest BCUT2D eigenvalue weighted by Gasteiger charge is 2.24. The smallest absolute Gasteiger partial charge is 0.258 e. The fourth-order valence-electron chi connectivity index (χ4n) is 2.06. The minimum Gasteiger partial charge on any atom is -0.258 e. The molecule has 0 saturated carbocycles. The first-order chi connectivity index (χ1) is 10.6. The van der Waals surface area contributed by atoms with Crippen molar-refractivity contribution in [2.75, 3.05) is 0 Å². The molecule has 8 heteroatoms. The van der Waals surface area contributed by atoms with Crippen LogP contribution in [0.1, 0.15) is 0 Å². The summed E-state index contributed by atoms with van der Waals surface area (Å²) in [6.07, 6.45) is 0. The van der Waals surface area contributed by atoms with Gasteiger partial charge in [-0.1, -0.05) is 41.1 Å². The number of para-hydroxylation sites is 1. The van der Waals surface area contributed by atoms with E-state index in [1.165, 1.54) is 12.1 Å². The van der Waals surface area contributed by atoms with Crippen molar-refractivity contribution >= 4 is 33.2 Å². The van der Waals surface area contributed by atoms with Gasteiger partial charge in [0.05, 0.1) is 15.6 Å². The SMILES string of the molecule is O=[N+]([O-])c1cccc(Cl)c1-c1nnn(-c2ccccc2)c1Br. The molecule has 0 aliphatic heterocycles. The third kappa shape index (κ3) is 2.49. The Kier molecular flexibility index (Phi) is 3.91. The Labute approximate surface area is 138 Å². The number of aromatic nitrogens is 3. The third-order valence-electron chi connectivity index (χ3n) is 3.04. The van der Waals surface area contributed by atoms with E-state index in [2.05, 4.69) is 26.2 Å². The lowest BCUT2D eigenvalue weighted by atomic mass is 10.1. The molecule has 0 aliphatic rings. The third-order valence-corrected chi connectivity index (χ3v) is 4.07. The number of nitro benzene ring substituents is 1. The molecule has 0 amide bonds. The molecule has 0 fully saturated rings. The van der Waals surface area contributed by atoms with Crippen LogP contribution in [0, 0.1) is 10.1 Å². The lowest BCUT2D eigenvalue weighted by Crippen LogP contribution is -1.96. The lowest BCUT2D eigenvalue weighted by Gasteiger charge is -2.04. The van der Waals surface area contributed by atoms with Gasteiger partial charge in [0, 0.05) is 6.07 Å². The van der Waals surface area contributed by atoms with Crippen molar-refractivity contribution in [3.63, 3.8) is 0 Å². The van der Waals surface area contributed by atoms with Crippen molar-refractivity contribution in [2.24, 2.45) is 0 Å². The quantitative estimate of drug-likeness (QED) is 0.503. The number of halogens is 2. The number of nitrogens with zero attached hydrogens (tertiary/aromatic N) is 4. The summed E-state index contributed by atoms with van der Waals surface area (Å²) in [6.45, 7) is 0. The van der Waals surface area contributed by atoms with E-state index in [4.69, 9.17) is 11.6 Å². The lowest BCUT2D eigenvalue weighted by molar-refractivity contribution is -0.384. The minimum atomic E-state index is -0.491. The molecule has 0 saturated heterocycles. The fraction of sp³-hybridized carbons (Fsp3) is 0. The van der Waals surface area contributed by atoms with Gasteiger partial charge in [0.2, 0.25) is 0 Å². The predicted octanol–water partition coefficient (Wildman–Crippen LogP) is 4.26. The maximum absolute atomic E-state index is 11.2. The Hall–Kier alpha value is -2.25. The van der Waals surface area contributed by atoms with Crippen LogP contribution in [-0.2, 0) is 0 Å². The highest BCUT2D eigenvalue weighted by molar-refractivity contribution is 9.10. The normalized spacial score (nSPS) is 10.6. The molecule has 0 bridgehead atoms. The van der Waals surface area contributed by atoms with Crippen molar-refractivity contribution in [3.8, 4) is 16.9 Å². The number of nitro groups is 1. The van der Waals surface area contributed by atoms with Gasteiger partial charge in [0.15, 0.2) is 0 Å². The van der Waals surface area contributed by atoms with E-state index < -0.39 is 4.92 Å². The molecule has 6 nitrogen and oxygen atoms in total. The molecule has 3 rings (SSSR count). The van der Waals surface area contributed by atoms with Gasteiger partial charge in [0.1, 0.15) is 15.9 Å². The Bertz CT molecular complexity index is 851. The van der Waals surface area contributed by atoms with Crippen molar-refractivity contribution < 1.29 is 4.92 Å². The number of hydrogen-bond donors (Lipinski definition) is 0. The molecule has 0 atom stereocenters. The highest BCUT2D eigenvalue weighted by atomic mass is 79.9. The standard InChI is InChI=1S/C14H8BrClN4O2/c15-14-13(12-10(16)7-4-8-11(12)20(21)22)17-18-19(14)9-5-2-1-3-6-9/h1-8H. The average molecular weight is 380 g/mol. The maximum atomic E-state index is 11.2. The Morgan fingerprint density at radius 1 is 1.14 bits per heavy atom. The van der Waals surface area contributed by atoms with Crippen LogP contribution in [0.4, 0.5) is 5.69 Å². The molecule has 0 aliphatic carbocycles. The zero-order chi connectivity index (χ0) is 15.7. The number of rotatable bonds is 3. The van der Waals surface area contributed by atoms with E-state index >= 15 is 0 Å². The van der Waals surface area contributed by atoms with Crippen molar-refractivity contribution in [1.82, 2.24) is 15.0 Å². The van der Waals surface area contributed by atoms with Crippen LogP contribution in [0.3, 0.4) is 0 Å². The molecule has 0 unspecified atom stereocenters. The fourth-order valence-corrected chi connectivity index (χ4v) is 2.87. The topological polar surface area (TPSA) is 73.8 Å². The Morgan fingerprint density at radius 3 is 2.55 bits per heavy atom. The summed E-state index contributed by atoms with van der Waals surface area (Å²) < 4.78 is 2.04. The molecule has 1 aromatic heterocycles. The summed E-state index contributed by atoms with van der Waals surface area (Å²) in [5.74, 6) is 0. The Morgan fingerprint density at radius 2 is 1.86 bits per heavy atom. The molecule has 0 spiro atoms. The molecule has 3 aromatic rings. The van der Waals surface area contributed by atoms with Crippen LogP contribution in [-0.4, -0.2) is 19.9 Å². The van der Waals surface area contributed by atoms with Gasteiger partial charge < -0.3 is 0 Å². The molecular weight excluding hydrogens is 372 g/mol. The molecule has 2 aromatic carbocycles. The Balaban J connectivity index is 2.20. The maximum Gasteiger partial charge on any atom is 0.280 e. The molecule has 1 heterocycles.